The van der Waals surface area contributed by atoms with Gasteiger partial charge in [0, 0.05) is 36.9 Å². The lowest BCUT2D eigenvalue weighted by atomic mass is 10.1. The van der Waals surface area contributed by atoms with Crippen LogP contribution in [0.2, 0.25) is 0 Å². The molecule has 0 spiro atoms. The molecule has 1 aromatic heterocycles. The van der Waals surface area contributed by atoms with E-state index in [1.54, 1.807) is 7.05 Å². The first-order chi connectivity index (χ1) is 12.5. The highest BCUT2D eigenvalue weighted by molar-refractivity contribution is 14.0. The summed E-state index contributed by atoms with van der Waals surface area (Å²) < 4.78 is 5.53. The van der Waals surface area contributed by atoms with Crippen LogP contribution in [-0.2, 0) is 13.0 Å². The molecule has 0 aliphatic heterocycles. The number of aliphatic imine (C=N–C) groups is 1. The number of rotatable bonds is 8. The van der Waals surface area contributed by atoms with E-state index < -0.39 is 0 Å². The molecule has 0 saturated heterocycles. The zero-order valence-electron chi connectivity index (χ0n) is 16.7. The van der Waals surface area contributed by atoms with E-state index >= 15 is 0 Å². The number of hydrogen-bond acceptors (Lipinski definition) is 5. The maximum atomic E-state index is 5.37. The number of hydrogen-bond donors (Lipinski definition) is 2. The Hall–Kier alpha value is -1.29. The van der Waals surface area contributed by atoms with Gasteiger partial charge < -0.3 is 15.2 Å². The molecule has 8 heteroatoms. The second kappa shape index (κ2) is 11.5. The van der Waals surface area contributed by atoms with Gasteiger partial charge in [0.25, 0.3) is 5.89 Å². The smallest absolute Gasteiger partial charge is 0.257 e. The van der Waals surface area contributed by atoms with Crippen LogP contribution in [0.5, 0.6) is 0 Å². The number of aromatic nitrogens is 2. The second-order valence-electron chi connectivity index (χ2n) is 6.71. The predicted octanol–water partition coefficient (Wildman–Crippen LogP) is 4.11. The van der Waals surface area contributed by atoms with Crippen molar-refractivity contribution in [3.8, 4) is 11.5 Å². The van der Waals surface area contributed by atoms with E-state index in [0.29, 0.717) is 12.4 Å². The van der Waals surface area contributed by atoms with Crippen LogP contribution in [0.3, 0.4) is 0 Å². The highest BCUT2D eigenvalue weighted by Gasteiger charge is 2.16. The van der Waals surface area contributed by atoms with Crippen molar-refractivity contribution in [1.82, 2.24) is 20.8 Å². The molecule has 0 bridgehead atoms. The van der Waals surface area contributed by atoms with Gasteiger partial charge in [0.05, 0.1) is 0 Å². The van der Waals surface area contributed by atoms with Gasteiger partial charge in [0.15, 0.2) is 11.8 Å². The molecule has 0 aliphatic carbocycles. The highest BCUT2D eigenvalue weighted by Crippen LogP contribution is 2.20. The van der Waals surface area contributed by atoms with Gasteiger partial charge in [-0.05, 0) is 44.2 Å². The molecule has 150 valence electrons. The SMILES string of the molecule is CCCc1noc(-c2cccc(CNC(=NC)NCC(C)(C)SC)c2)n1.I. The topological polar surface area (TPSA) is 75.3 Å². The number of nitrogens with zero attached hydrogens (tertiary/aromatic N) is 3. The van der Waals surface area contributed by atoms with Gasteiger partial charge in [0.2, 0.25) is 0 Å². The number of halogens is 1. The largest absolute Gasteiger partial charge is 0.355 e. The quantitative estimate of drug-likeness (QED) is 0.321. The molecule has 1 heterocycles. The van der Waals surface area contributed by atoms with E-state index in [9.17, 15) is 0 Å². The molecular weight excluding hydrogens is 473 g/mol. The monoisotopic (exact) mass is 503 g/mol. The average molecular weight is 503 g/mol. The number of aryl methyl sites for hydroxylation is 1. The van der Waals surface area contributed by atoms with E-state index in [-0.39, 0.29) is 28.7 Å². The van der Waals surface area contributed by atoms with Gasteiger partial charge in [-0.15, -0.1) is 24.0 Å². The van der Waals surface area contributed by atoms with Crippen LogP contribution in [0.4, 0.5) is 0 Å². The Morgan fingerprint density at radius 1 is 1.30 bits per heavy atom. The predicted molar refractivity (Wildman–Crippen MR) is 125 cm³/mol. The van der Waals surface area contributed by atoms with Crippen molar-refractivity contribution in [1.29, 1.82) is 0 Å². The lowest BCUT2D eigenvalue weighted by Crippen LogP contribution is -2.42. The van der Waals surface area contributed by atoms with E-state index in [4.69, 9.17) is 4.52 Å². The van der Waals surface area contributed by atoms with Crippen molar-refractivity contribution in [2.24, 2.45) is 4.99 Å². The first-order valence-corrected chi connectivity index (χ1v) is 10.1. The first kappa shape index (κ1) is 23.7. The van der Waals surface area contributed by atoms with Gasteiger partial charge >= 0.3 is 0 Å². The molecule has 2 rings (SSSR count). The van der Waals surface area contributed by atoms with Crippen LogP contribution in [0.25, 0.3) is 11.5 Å². The van der Waals surface area contributed by atoms with Crippen LogP contribution in [-0.4, -0.2) is 40.7 Å². The zero-order chi connectivity index (χ0) is 19.0. The molecular formula is C19H30IN5OS. The van der Waals surface area contributed by atoms with E-state index in [1.807, 2.05) is 23.9 Å². The van der Waals surface area contributed by atoms with E-state index in [0.717, 1.165) is 42.3 Å². The fourth-order valence-corrected chi connectivity index (χ4v) is 2.50. The summed E-state index contributed by atoms with van der Waals surface area (Å²) in [6.45, 7) is 8.03. The Morgan fingerprint density at radius 3 is 2.74 bits per heavy atom. The average Bonchev–Trinajstić information content (AvgIpc) is 3.11. The third-order valence-corrected chi connectivity index (χ3v) is 5.28. The molecule has 0 unspecified atom stereocenters. The van der Waals surface area contributed by atoms with Crippen molar-refractivity contribution in [3.05, 3.63) is 35.7 Å². The fraction of sp³-hybridized carbons (Fsp3) is 0.526. The van der Waals surface area contributed by atoms with Crippen molar-refractivity contribution in [3.63, 3.8) is 0 Å². The molecule has 0 amide bonds. The molecule has 0 saturated carbocycles. The van der Waals surface area contributed by atoms with Gasteiger partial charge in [-0.2, -0.15) is 16.7 Å². The summed E-state index contributed by atoms with van der Waals surface area (Å²) in [5.74, 6) is 2.12. The molecule has 6 nitrogen and oxygen atoms in total. The third-order valence-electron chi connectivity index (χ3n) is 4.03. The van der Waals surface area contributed by atoms with Gasteiger partial charge in [0.1, 0.15) is 0 Å². The van der Waals surface area contributed by atoms with Crippen molar-refractivity contribution >= 4 is 41.7 Å². The molecule has 0 radical (unpaired) electrons. The van der Waals surface area contributed by atoms with Crippen LogP contribution >= 0.6 is 35.7 Å². The summed E-state index contributed by atoms with van der Waals surface area (Å²) in [5.41, 5.74) is 2.07. The Balaban J connectivity index is 0.00000364. The van der Waals surface area contributed by atoms with E-state index in [2.05, 4.69) is 64.9 Å². The van der Waals surface area contributed by atoms with E-state index in [1.165, 1.54) is 0 Å². The maximum absolute atomic E-state index is 5.37. The van der Waals surface area contributed by atoms with Crippen molar-refractivity contribution < 1.29 is 4.52 Å². The zero-order valence-corrected chi connectivity index (χ0v) is 19.9. The molecule has 0 aliphatic rings. The number of nitrogens with one attached hydrogen (secondary N) is 2. The minimum absolute atomic E-state index is 0. The van der Waals surface area contributed by atoms with Gasteiger partial charge in [-0.3, -0.25) is 4.99 Å². The summed E-state index contributed by atoms with van der Waals surface area (Å²) in [6.07, 6.45) is 3.95. The molecule has 0 atom stereocenters. The summed E-state index contributed by atoms with van der Waals surface area (Å²) >= 11 is 1.83. The lowest BCUT2D eigenvalue weighted by Gasteiger charge is -2.23. The molecule has 0 fully saturated rings. The maximum Gasteiger partial charge on any atom is 0.257 e. The Morgan fingerprint density at radius 2 is 2.07 bits per heavy atom. The Bertz CT molecular complexity index is 732. The number of guanidine groups is 1. The Labute approximate surface area is 183 Å². The van der Waals surface area contributed by atoms with Crippen molar-refractivity contribution in [2.75, 3.05) is 19.8 Å². The van der Waals surface area contributed by atoms with Gasteiger partial charge in [-0.1, -0.05) is 24.2 Å². The molecule has 27 heavy (non-hydrogen) atoms. The molecule has 2 N–H and O–H groups in total. The highest BCUT2D eigenvalue weighted by atomic mass is 127. The number of benzene rings is 1. The van der Waals surface area contributed by atoms with Gasteiger partial charge in [-0.25, -0.2) is 0 Å². The van der Waals surface area contributed by atoms with Crippen LogP contribution in [0, 0.1) is 0 Å². The minimum atomic E-state index is 0. The fourth-order valence-electron chi connectivity index (χ4n) is 2.29. The van der Waals surface area contributed by atoms with Crippen LogP contribution in [0.1, 0.15) is 38.6 Å². The standard InChI is InChI=1S/C19H29N5OS.HI/c1-6-8-16-23-17(25-24-16)15-10-7-9-14(11-15)12-21-18(20-4)22-13-19(2,3)26-5;/h7,9-11H,6,8,12-13H2,1-5H3,(H2,20,21,22);1H. The van der Waals surface area contributed by atoms with Crippen LogP contribution in [0.15, 0.2) is 33.8 Å². The Kier molecular flexibility index (Phi) is 10.1. The lowest BCUT2D eigenvalue weighted by molar-refractivity contribution is 0.422. The first-order valence-electron chi connectivity index (χ1n) is 8.89. The molecule has 1 aromatic carbocycles. The number of thioether (sulfide) groups is 1. The minimum Gasteiger partial charge on any atom is -0.355 e. The summed E-state index contributed by atoms with van der Waals surface area (Å²) in [7, 11) is 1.78. The summed E-state index contributed by atoms with van der Waals surface area (Å²) in [5, 5.41) is 10.7. The second-order valence-corrected chi connectivity index (χ2v) is 8.22. The molecule has 2 aromatic rings. The third kappa shape index (κ3) is 7.69. The normalized spacial score (nSPS) is 11.8. The van der Waals surface area contributed by atoms with Crippen LogP contribution < -0.4 is 10.6 Å². The summed E-state index contributed by atoms with van der Waals surface area (Å²) in [4.78, 5) is 8.74. The van der Waals surface area contributed by atoms with Crippen molar-refractivity contribution in [2.45, 2.75) is 44.9 Å². The summed E-state index contributed by atoms with van der Waals surface area (Å²) in [6, 6.07) is 8.12.